The van der Waals surface area contributed by atoms with Gasteiger partial charge in [0, 0.05) is 5.41 Å². The summed E-state index contributed by atoms with van der Waals surface area (Å²) in [6.45, 7) is 0. The lowest BCUT2D eigenvalue weighted by Crippen LogP contribution is -2.62. The first-order chi connectivity index (χ1) is 7.69. The number of rotatable bonds is 3. The van der Waals surface area contributed by atoms with E-state index in [-0.39, 0.29) is 5.92 Å². The molecule has 0 aromatic carbocycles. The van der Waals surface area contributed by atoms with Crippen molar-refractivity contribution in [3.63, 3.8) is 0 Å². The van der Waals surface area contributed by atoms with E-state index in [1.807, 2.05) is 0 Å². The number of carbonyl (C=O) groups excluding carboxylic acids is 3. The van der Waals surface area contributed by atoms with E-state index >= 15 is 0 Å². The van der Waals surface area contributed by atoms with Crippen LogP contribution in [0.15, 0.2) is 0 Å². The van der Waals surface area contributed by atoms with Crippen LogP contribution in [0.3, 0.4) is 0 Å². The van der Waals surface area contributed by atoms with Crippen LogP contribution < -0.4 is 0 Å². The third kappa shape index (κ3) is 0.926. The Morgan fingerprint density at radius 3 is 1.81 bits per heavy atom. The first-order valence-corrected chi connectivity index (χ1v) is 6.08. The molecule has 4 fully saturated rings. The van der Waals surface area contributed by atoms with E-state index in [4.69, 9.17) is 0 Å². The summed E-state index contributed by atoms with van der Waals surface area (Å²) in [4.78, 5) is 34.3. The van der Waals surface area contributed by atoms with Gasteiger partial charge in [0.1, 0.15) is 18.9 Å². The maximum Gasteiger partial charge on any atom is 0.134 e. The highest BCUT2D eigenvalue weighted by Crippen LogP contribution is 2.66. The topological polar surface area (TPSA) is 51.2 Å². The molecule has 0 heterocycles. The van der Waals surface area contributed by atoms with E-state index in [2.05, 4.69) is 0 Å². The van der Waals surface area contributed by atoms with Crippen molar-refractivity contribution in [2.24, 2.45) is 28.6 Å². The second-order valence-electron chi connectivity index (χ2n) is 5.99. The van der Waals surface area contributed by atoms with Crippen molar-refractivity contribution >= 4 is 18.9 Å². The smallest absolute Gasteiger partial charge is 0.134 e. The molecule has 0 spiro atoms. The molecule has 4 bridgehead atoms. The second-order valence-corrected chi connectivity index (χ2v) is 5.99. The summed E-state index contributed by atoms with van der Waals surface area (Å²) in [5.74, 6) is 1.25. The molecule has 0 aromatic rings. The summed E-state index contributed by atoms with van der Waals surface area (Å²) < 4.78 is 0. The molecule has 4 saturated carbocycles. The molecule has 0 amide bonds. The van der Waals surface area contributed by atoms with Crippen molar-refractivity contribution in [1.82, 2.24) is 0 Å². The normalized spacial score (nSPS) is 47.6. The lowest BCUT2D eigenvalue weighted by molar-refractivity contribution is -0.177. The summed E-state index contributed by atoms with van der Waals surface area (Å²) in [6.07, 6.45) is 7.09. The molecule has 3 nitrogen and oxygen atoms in total. The highest BCUT2D eigenvalue weighted by atomic mass is 16.1. The van der Waals surface area contributed by atoms with Crippen LogP contribution in [0.5, 0.6) is 0 Å². The fourth-order valence-electron chi connectivity index (χ4n) is 4.82. The molecule has 2 unspecified atom stereocenters. The summed E-state index contributed by atoms with van der Waals surface area (Å²) in [5.41, 5.74) is -1.66. The standard InChI is InChI=1S/C13H16O3/c14-6-12-4-9-1-10(5-12)3-11(2-9)13(12,7-15)8-16/h6-11H,1-5H2. The summed E-state index contributed by atoms with van der Waals surface area (Å²) in [5, 5.41) is 0. The number of aldehydes is 3. The average Bonchev–Trinajstić information content (AvgIpc) is 2.29. The first kappa shape index (κ1) is 10.2. The van der Waals surface area contributed by atoms with Crippen LogP contribution in [0.1, 0.15) is 32.1 Å². The van der Waals surface area contributed by atoms with Crippen molar-refractivity contribution in [3.05, 3.63) is 0 Å². The van der Waals surface area contributed by atoms with E-state index < -0.39 is 10.8 Å². The summed E-state index contributed by atoms with van der Waals surface area (Å²) in [6, 6.07) is 0. The predicted molar refractivity (Wildman–Crippen MR) is 56.6 cm³/mol. The Hall–Kier alpha value is -0.990. The zero-order valence-electron chi connectivity index (χ0n) is 9.22. The van der Waals surface area contributed by atoms with Crippen LogP contribution in [-0.4, -0.2) is 18.9 Å². The molecule has 4 rings (SSSR count). The molecule has 4 aliphatic rings. The zero-order valence-corrected chi connectivity index (χ0v) is 9.22. The quantitative estimate of drug-likeness (QED) is 0.533. The van der Waals surface area contributed by atoms with Gasteiger partial charge in [0.15, 0.2) is 0 Å². The van der Waals surface area contributed by atoms with Crippen LogP contribution in [0.25, 0.3) is 0 Å². The van der Waals surface area contributed by atoms with Crippen LogP contribution in [0.2, 0.25) is 0 Å². The molecule has 0 saturated heterocycles. The molecule has 4 aliphatic carbocycles. The maximum atomic E-state index is 11.5. The molecule has 0 aliphatic heterocycles. The van der Waals surface area contributed by atoms with Crippen molar-refractivity contribution in [2.45, 2.75) is 32.1 Å². The Labute approximate surface area is 94.6 Å². The molecule has 2 atom stereocenters. The minimum atomic E-state index is -0.998. The van der Waals surface area contributed by atoms with Gasteiger partial charge in [0.05, 0.1) is 5.41 Å². The Morgan fingerprint density at radius 1 is 0.812 bits per heavy atom. The number of carbonyl (C=O) groups is 3. The molecule has 0 aromatic heterocycles. The third-order valence-electron chi connectivity index (χ3n) is 5.36. The van der Waals surface area contributed by atoms with Crippen LogP contribution in [0, 0.1) is 28.6 Å². The van der Waals surface area contributed by atoms with E-state index in [1.54, 1.807) is 0 Å². The van der Waals surface area contributed by atoms with Gasteiger partial charge >= 0.3 is 0 Å². The molecule has 3 heteroatoms. The van der Waals surface area contributed by atoms with Crippen LogP contribution in [-0.2, 0) is 14.4 Å². The van der Waals surface area contributed by atoms with Crippen LogP contribution >= 0.6 is 0 Å². The van der Waals surface area contributed by atoms with Crippen molar-refractivity contribution in [3.8, 4) is 0 Å². The van der Waals surface area contributed by atoms with Gasteiger partial charge in [0.25, 0.3) is 0 Å². The monoisotopic (exact) mass is 220 g/mol. The molecular formula is C13H16O3. The summed E-state index contributed by atoms with van der Waals surface area (Å²) >= 11 is 0. The van der Waals surface area contributed by atoms with Gasteiger partial charge in [-0.15, -0.1) is 0 Å². The molecule has 0 radical (unpaired) electrons. The van der Waals surface area contributed by atoms with Gasteiger partial charge in [-0.05, 0) is 49.9 Å². The Morgan fingerprint density at radius 2 is 1.38 bits per heavy atom. The Kier molecular flexibility index (Phi) is 1.92. The van der Waals surface area contributed by atoms with E-state index in [0.717, 1.165) is 44.5 Å². The second kappa shape index (κ2) is 3.02. The average molecular weight is 220 g/mol. The predicted octanol–water partition coefficient (Wildman–Crippen LogP) is 1.40. The van der Waals surface area contributed by atoms with Gasteiger partial charge in [-0.3, -0.25) is 0 Å². The van der Waals surface area contributed by atoms with Gasteiger partial charge < -0.3 is 14.4 Å². The van der Waals surface area contributed by atoms with E-state index in [0.29, 0.717) is 11.8 Å². The number of hydrogen-bond donors (Lipinski definition) is 0. The minimum absolute atomic E-state index is 0.124. The Bertz CT molecular complexity index is 338. The maximum absolute atomic E-state index is 11.5. The third-order valence-corrected chi connectivity index (χ3v) is 5.36. The van der Waals surface area contributed by atoms with Crippen molar-refractivity contribution in [1.29, 1.82) is 0 Å². The lowest BCUT2D eigenvalue weighted by atomic mass is 9.40. The SMILES string of the molecule is O=CC12CC3CC(CC(C3)C1(C=O)C=O)C2. The largest absolute Gasteiger partial charge is 0.303 e. The van der Waals surface area contributed by atoms with Gasteiger partial charge in [-0.1, -0.05) is 0 Å². The van der Waals surface area contributed by atoms with Crippen molar-refractivity contribution in [2.75, 3.05) is 0 Å². The molecular weight excluding hydrogens is 204 g/mol. The van der Waals surface area contributed by atoms with Gasteiger partial charge in [-0.2, -0.15) is 0 Å². The first-order valence-electron chi connectivity index (χ1n) is 6.08. The zero-order chi connectivity index (χ0) is 11.4. The fraction of sp³-hybridized carbons (Fsp3) is 0.769. The van der Waals surface area contributed by atoms with Gasteiger partial charge in [-0.25, -0.2) is 0 Å². The van der Waals surface area contributed by atoms with Crippen LogP contribution in [0.4, 0.5) is 0 Å². The highest BCUT2D eigenvalue weighted by Gasteiger charge is 2.66. The van der Waals surface area contributed by atoms with E-state index in [1.165, 1.54) is 6.42 Å². The van der Waals surface area contributed by atoms with Gasteiger partial charge in [0.2, 0.25) is 0 Å². The minimum Gasteiger partial charge on any atom is -0.303 e. The molecule has 0 N–H and O–H groups in total. The van der Waals surface area contributed by atoms with Crippen molar-refractivity contribution < 1.29 is 14.4 Å². The molecule has 16 heavy (non-hydrogen) atoms. The lowest BCUT2D eigenvalue weighted by Gasteiger charge is -2.61. The Balaban J connectivity index is 2.14. The van der Waals surface area contributed by atoms with E-state index in [9.17, 15) is 14.4 Å². The summed E-state index contributed by atoms with van der Waals surface area (Å²) in [7, 11) is 0. The highest BCUT2D eigenvalue weighted by molar-refractivity contribution is 5.91. The number of hydrogen-bond acceptors (Lipinski definition) is 3. The fourth-order valence-corrected chi connectivity index (χ4v) is 4.82. The molecule has 86 valence electrons.